The molecule has 2 saturated carbocycles. The predicted octanol–water partition coefficient (Wildman–Crippen LogP) is 3.88. The molecule has 1 saturated heterocycles. The topological polar surface area (TPSA) is 35.2 Å². The number of hydrogen-bond acceptors (Lipinski definition) is 2. The lowest BCUT2D eigenvalue weighted by Gasteiger charge is -2.47. The second kappa shape index (κ2) is 5.04. The molecule has 0 aromatic rings. The lowest BCUT2D eigenvalue weighted by molar-refractivity contribution is -0.109. The first-order chi connectivity index (χ1) is 9.00. The molecule has 1 heterocycles. The fourth-order valence-corrected chi connectivity index (χ4v) is 4.98. The van der Waals surface area contributed by atoms with Gasteiger partial charge in [0.25, 0.3) is 0 Å². The van der Waals surface area contributed by atoms with Gasteiger partial charge in [0.1, 0.15) is 0 Å². The predicted molar refractivity (Wildman–Crippen MR) is 79.0 cm³/mol. The largest absolute Gasteiger partial charge is 0.375 e. The van der Waals surface area contributed by atoms with Gasteiger partial charge in [0.05, 0.1) is 5.60 Å². The van der Waals surface area contributed by atoms with Crippen molar-refractivity contribution in [1.29, 1.82) is 0 Å². The summed E-state index contributed by atoms with van der Waals surface area (Å²) in [5.41, 5.74) is 7.23. The Bertz CT molecular complexity index is 319. The first-order valence-corrected chi connectivity index (χ1v) is 8.39. The normalized spacial score (nSPS) is 41.5. The van der Waals surface area contributed by atoms with Crippen molar-refractivity contribution < 1.29 is 4.74 Å². The summed E-state index contributed by atoms with van der Waals surface area (Å²) in [6.07, 6.45) is 11.7. The van der Waals surface area contributed by atoms with Crippen LogP contribution >= 0.6 is 0 Å². The van der Waals surface area contributed by atoms with E-state index in [1.165, 1.54) is 57.8 Å². The molecule has 2 aliphatic carbocycles. The summed E-state index contributed by atoms with van der Waals surface area (Å²) < 4.78 is 6.19. The van der Waals surface area contributed by atoms with Gasteiger partial charge in [-0.3, -0.25) is 0 Å². The molecule has 3 unspecified atom stereocenters. The minimum absolute atomic E-state index is 0.254. The van der Waals surface area contributed by atoms with E-state index in [9.17, 15) is 0 Å². The summed E-state index contributed by atoms with van der Waals surface area (Å²) in [5.74, 6) is 1.56. The van der Waals surface area contributed by atoms with Crippen LogP contribution in [0.4, 0.5) is 0 Å². The Morgan fingerprint density at radius 3 is 2.47 bits per heavy atom. The third-order valence-electron chi connectivity index (χ3n) is 6.14. The minimum Gasteiger partial charge on any atom is -0.375 e. The van der Waals surface area contributed by atoms with E-state index in [0.29, 0.717) is 11.5 Å². The van der Waals surface area contributed by atoms with Crippen molar-refractivity contribution >= 4 is 0 Å². The van der Waals surface area contributed by atoms with Crippen LogP contribution in [0, 0.1) is 17.3 Å². The van der Waals surface area contributed by atoms with Crippen LogP contribution in [0.3, 0.4) is 0 Å². The highest BCUT2D eigenvalue weighted by Crippen LogP contribution is 2.49. The van der Waals surface area contributed by atoms with Crippen LogP contribution in [-0.2, 0) is 4.74 Å². The Balaban J connectivity index is 1.70. The molecule has 2 N–H and O–H groups in total. The lowest BCUT2D eigenvalue weighted by atomic mass is 9.63. The van der Waals surface area contributed by atoms with E-state index < -0.39 is 0 Å². The molecule has 0 aromatic carbocycles. The number of ether oxygens (including phenoxy) is 1. The van der Waals surface area contributed by atoms with Crippen LogP contribution in [0.5, 0.6) is 0 Å². The van der Waals surface area contributed by atoms with Crippen molar-refractivity contribution in [3.8, 4) is 0 Å². The van der Waals surface area contributed by atoms with Crippen LogP contribution in [0.2, 0.25) is 0 Å². The van der Waals surface area contributed by atoms with Crippen molar-refractivity contribution in [2.45, 2.75) is 83.3 Å². The summed E-state index contributed by atoms with van der Waals surface area (Å²) >= 11 is 0. The Morgan fingerprint density at radius 1 is 1.00 bits per heavy atom. The molecule has 3 fully saturated rings. The maximum atomic E-state index is 6.48. The number of hydrogen-bond donors (Lipinski definition) is 1. The monoisotopic (exact) mass is 265 g/mol. The van der Waals surface area contributed by atoms with Crippen LogP contribution in [0.25, 0.3) is 0 Å². The molecule has 2 nitrogen and oxygen atoms in total. The molecule has 2 heteroatoms. The second-order valence-corrected chi connectivity index (χ2v) is 8.23. The molecule has 110 valence electrons. The second-order valence-electron chi connectivity index (χ2n) is 8.23. The van der Waals surface area contributed by atoms with Crippen molar-refractivity contribution in [2.24, 2.45) is 23.0 Å². The van der Waals surface area contributed by atoms with E-state index in [0.717, 1.165) is 18.4 Å². The van der Waals surface area contributed by atoms with Gasteiger partial charge in [0, 0.05) is 12.6 Å². The summed E-state index contributed by atoms with van der Waals surface area (Å²) in [4.78, 5) is 0. The Morgan fingerprint density at radius 2 is 1.74 bits per heavy atom. The average molecular weight is 265 g/mol. The zero-order valence-corrected chi connectivity index (χ0v) is 12.8. The van der Waals surface area contributed by atoms with E-state index in [4.69, 9.17) is 10.5 Å². The quantitative estimate of drug-likeness (QED) is 0.781. The van der Waals surface area contributed by atoms with E-state index in [1.54, 1.807) is 0 Å². The van der Waals surface area contributed by atoms with Gasteiger partial charge in [0.2, 0.25) is 0 Å². The summed E-state index contributed by atoms with van der Waals surface area (Å²) in [6.45, 7) is 5.83. The fourth-order valence-electron chi connectivity index (χ4n) is 4.98. The first-order valence-electron chi connectivity index (χ1n) is 8.39. The molecule has 19 heavy (non-hydrogen) atoms. The van der Waals surface area contributed by atoms with Crippen molar-refractivity contribution in [3.63, 3.8) is 0 Å². The lowest BCUT2D eigenvalue weighted by Crippen LogP contribution is -2.47. The zero-order chi connectivity index (χ0) is 13.5. The molecule has 0 radical (unpaired) electrons. The molecule has 1 aliphatic heterocycles. The first kappa shape index (κ1) is 13.9. The van der Waals surface area contributed by atoms with Gasteiger partial charge in [-0.25, -0.2) is 0 Å². The van der Waals surface area contributed by atoms with Gasteiger partial charge in [-0.1, -0.05) is 26.7 Å². The molecule has 3 atom stereocenters. The molecule has 1 spiro atoms. The standard InChI is InChI=1S/C17H31NO/c1-16(2)9-5-15(18)14(12-16)13-6-10-19-17(11-13)7-3-4-8-17/h13-15H,3-12,18H2,1-2H3. The number of rotatable bonds is 1. The molecule has 0 amide bonds. The van der Waals surface area contributed by atoms with Crippen molar-refractivity contribution in [2.75, 3.05) is 6.61 Å². The summed E-state index contributed by atoms with van der Waals surface area (Å²) in [6, 6.07) is 0.439. The van der Waals surface area contributed by atoms with Crippen LogP contribution in [0.1, 0.15) is 71.6 Å². The zero-order valence-electron chi connectivity index (χ0n) is 12.8. The van der Waals surface area contributed by atoms with E-state index in [2.05, 4.69) is 13.8 Å². The third-order valence-corrected chi connectivity index (χ3v) is 6.14. The van der Waals surface area contributed by atoms with Gasteiger partial charge in [-0.05, 0) is 62.2 Å². The molecular weight excluding hydrogens is 234 g/mol. The Labute approximate surface area is 118 Å². The van der Waals surface area contributed by atoms with Gasteiger partial charge in [-0.2, -0.15) is 0 Å². The summed E-state index contributed by atoms with van der Waals surface area (Å²) in [7, 11) is 0. The molecule has 0 bridgehead atoms. The number of nitrogens with two attached hydrogens (primary N) is 1. The van der Waals surface area contributed by atoms with Crippen LogP contribution in [0.15, 0.2) is 0 Å². The molecule has 3 aliphatic rings. The molecule has 0 aromatic heterocycles. The highest BCUT2D eigenvalue weighted by molar-refractivity contribution is 4.97. The highest BCUT2D eigenvalue weighted by Gasteiger charge is 2.45. The Hall–Kier alpha value is -0.0800. The molecule has 3 rings (SSSR count). The van der Waals surface area contributed by atoms with E-state index >= 15 is 0 Å². The summed E-state index contributed by atoms with van der Waals surface area (Å²) in [5, 5.41) is 0. The third kappa shape index (κ3) is 2.85. The van der Waals surface area contributed by atoms with Gasteiger partial charge in [0.15, 0.2) is 0 Å². The van der Waals surface area contributed by atoms with Gasteiger partial charge < -0.3 is 10.5 Å². The van der Waals surface area contributed by atoms with Crippen LogP contribution in [-0.4, -0.2) is 18.2 Å². The van der Waals surface area contributed by atoms with Crippen molar-refractivity contribution in [1.82, 2.24) is 0 Å². The smallest absolute Gasteiger partial charge is 0.0685 e. The minimum atomic E-state index is 0.254. The Kier molecular flexibility index (Phi) is 3.68. The van der Waals surface area contributed by atoms with Crippen molar-refractivity contribution in [3.05, 3.63) is 0 Å². The highest BCUT2D eigenvalue weighted by atomic mass is 16.5. The maximum absolute atomic E-state index is 6.48. The fraction of sp³-hybridized carbons (Fsp3) is 1.00. The molecular formula is C17H31NO. The van der Waals surface area contributed by atoms with Gasteiger partial charge >= 0.3 is 0 Å². The maximum Gasteiger partial charge on any atom is 0.0685 e. The van der Waals surface area contributed by atoms with E-state index in [1.807, 2.05) is 0 Å². The van der Waals surface area contributed by atoms with Crippen LogP contribution < -0.4 is 5.73 Å². The SMILES string of the molecule is CC1(C)CCC(N)C(C2CCOC3(CCCC3)C2)C1. The van der Waals surface area contributed by atoms with Gasteiger partial charge in [-0.15, -0.1) is 0 Å². The average Bonchev–Trinajstić information content (AvgIpc) is 2.80. The van der Waals surface area contributed by atoms with E-state index in [-0.39, 0.29) is 5.60 Å².